The monoisotopic (exact) mass is 524 g/mol. The smallest absolute Gasteiger partial charge is 0.150 e. The number of piperidine rings is 1. The molecular weight excluding hydrogens is 472 g/mol. The first-order valence-electron chi connectivity index (χ1n) is 14.4. The lowest BCUT2D eigenvalue weighted by Gasteiger charge is -2.48. The zero-order valence-corrected chi connectivity index (χ0v) is 23.8. The van der Waals surface area contributed by atoms with Crippen LogP contribution in [-0.2, 0) is 23.7 Å². The molecule has 0 amide bonds. The van der Waals surface area contributed by atoms with E-state index in [4.69, 9.17) is 24.7 Å². The summed E-state index contributed by atoms with van der Waals surface area (Å²) in [6.07, 6.45) is 5.55. The van der Waals surface area contributed by atoms with Gasteiger partial charge < -0.3 is 40.6 Å². The second kappa shape index (κ2) is 13.1. The molecule has 13 atom stereocenters. The predicted molar refractivity (Wildman–Crippen MR) is 143 cm³/mol. The van der Waals surface area contributed by atoms with E-state index in [0.717, 1.165) is 45.2 Å². The zero-order chi connectivity index (χ0) is 26.7. The number of hydrogen-bond donors (Lipinski definition) is 4. The lowest BCUT2D eigenvalue weighted by atomic mass is 9.64. The van der Waals surface area contributed by atoms with Gasteiger partial charge in [-0.05, 0) is 69.7 Å². The van der Waals surface area contributed by atoms with Crippen molar-refractivity contribution >= 4 is 5.78 Å². The Morgan fingerprint density at radius 2 is 1.68 bits per heavy atom. The maximum absolute atomic E-state index is 13.7. The summed E-state index contributed by atoms with van der Waals surface area (Å²) >= 11 is 0. The average Bonchev–Trinajstić information content (AvgIpc) is 3.15. The van der Waals surface area contributed by atoms with Crippen molar-refractivity contribution < 1.29 is 23.7 Å². The summed E-state index contributed by atoms with van der Waals surface area (Å²) in [6.45, 7) is 3.67. The summed E-state index contributed by atoms with van der Waals surface area (Å²) in [7, 11) is 9.15. The number of methoxy groups -OCH3 is 4. The molecule has 37 heavy (non-hydrogen) atoms. The van der Waals surface area contributed by atoms with Crippen LogP contribution in [0.3, 0.4) is 0 Å². The number of ketones is 1. The maximum Gasteiger partial charge on any atom is 0.150 e. The van der Waals surface area contributed by atoms with Crippen LogP contribution in [0.5, 0.6) is 0 Å². The summed E-state index contributed by atoms with van der Waals surface area (Å²) in [5.41, 5.74) is 6.42. The highest BCUT2D eigenvalue weighted by Gasteiger charge is 2.53. The quantitative estimate of drug-likeness (QED) is 0.368. The molecule has 0 radical (unpaired) electrons. The van der Waals surface area contributed by atoms with Crippen molar-refractivity contribution in [2.24, 2.45) is 35.3 Å². The third-order valence-electron chi connectivity index (χ3n) is 10.4. The van der Waals surface area contributed by atoms with E-state index in [9.17, 15) is 4.79 Å². The highest BCUT2D eigenvalue weighted by Crippen LogP contribution is 2.50. The van der Waals surface area contributed by atoms with Crippen molar-refractivity contribution in [1.82, 2.24) is 16.0 Å². The Balaban J connectivity index is 1.51. The largest absolute Gasteiger partial charge is 0.379 e. The number of fused-ring (bicyclic) bond motifs is 3. The molecule has 1 heterocycles. The van der Waals surface area contributed by atoms with Crippen molar-refractivity contribution in [2.45, 2.75) is 94.0 Å². The van der Waals surface area contributed by atoms with E-state index in [0.29, 0.717) is 41.9 Å². The first-order chi connectivity index (χ1) is 17.9. The molecule has 4 aliphatic rings. The van der Waals surface area contributed by atoms with Crippen LogP contribution in [-0.4, -0.2) is 103 Å². The van der Waals surface area contributed by atoms with Crippen LogP contribution in [0, 0.1) is 29.6 Å². The van der Waals surface area contributed by atoms with Gasteiger partial charge in [-0.2, -0.15) is 0 Å². The molecule has 3 saturated carbocycles. The molecule has 0 aromatic carbocycles. The Labute approximate surface area is 223 Å². The van der Waals surface area contributed by atoms with Gasteiger partial charge in [0.05, 0.1) is 24.4 Å². The van der Waals surface area contributed by atoms with Gasteiger partial charge in [-0.3, -0.25) is 4.79 Å². The fourth-order valence-electron chi connectivity index (χ4n) is 8.38. The molecule has 0 aromatic heterocycles. The SMILES string of the molecule is CNC1CCC2CC(OC)C(OC)C(OC)C2C2CCC(NCC3CNC(C)C(N)C3OC)C(=O)CC12. The summed E-state index contributed by atoms with van der Waals surface area (Å²) in [5, 5.41) is 10.7. The van der Waals surface area contributed by atoms with Gasteiger partial charge in [0.15, 0.2) is 0 Å². The molecule has 5 N–H and O–H groups in total. The Hall–Kier alpha value is -0.650. The first-order valence-corrected chi connectivity index (χ1v) is 14.4. The molecule has 9 heteroatoms. The Morgan fingerprint density at radius 3 is 2.32 bits per heavy atom. The number of nitrogens with two attached hydrogens (primary N) is 1. The molecule has 13 unspecified atom stereocenters. The second-order valence-electron chi connectivity index (χ2n) is 12.0. The van der Waals surface area contributed by atoms with Crippen LogP contribution in [0.1, 0.15) is 45.4 Å². The number of ether oxygens (including phenoxy) is 4. The van der Waals surface area contributed by atoms with Gasteiger partial charge in [-0.1, -0.05) is 0 Å². The molecular formula is C28H52N4O5. The Morgan fingerprint density at radius 1 is 0.946 bits per heavy atom. The topological polar surface area (TPSA) is 116 Å². The van der Waals surface area contributed by atoms with Gasteiger partial charge in [0.2, 0.25) is 0 Å². The summed E-state index contributed by atoms with van der Waals surface area (Å²) in [4.78, 5) is 13.7. The summed E-state index contributed by atoms with van der Waals surface area (Å²) < 4.78 is 23.8. The first kappa shape index (κ1) is 29.3. The zero-order valence-electron chi connectivity index (χ0n) is 23.8. The van der Waals surface area contributed by atoms with Crippen LogP contribution in [0.2, 0.25) is 0 Å². The fourth-order valence-corrected chi connectivity index (χ4v) is 8.38. The van der Waals surface area contributed by atoms with Crippen LogP contribution in [0.15, 0.2) is 0 Å². The van der Waals surface area contributed by atoms with Gasteiger partial charge in [-0.15, -0.1) is 0 Å². The maximum atomic E-state index is 13.7. The predicted octanol–water partition coefficient (Wildman–Crippen LogP) is 0.943. The van der Waals surface area contributed by atoms with E-state index < -0.39 is 0 Å². The van der Waals surface area contributed by atoms with Gasteiger partial charge >= 0.3 is 0 Å². The van der Waals surface area contributed by atoms with E-state index in [1.165, 1.54) is 0 Å². The molecule has 214 valence electrons. The van der Waals surface area contributed by atoms with E-state index in [1.54, 1.807) is 21.3 Å². The summed E-state index contributed by atoms with van der Waals surface area (Å²) in [6, 6.07) is 0.359. The normalized spacial score (nSPS) is 47.0. The van der Waals surface area contributed by atoms with E-state index in [1.807, 2.05) is 7.11 Å². The standard InChI is InChI=1S/C28H52N4O5/c1-15-25(29)26(35-4)17(13-31-15)14-32-21-10-8-18-19(12-22(21)33)20(30-2)9-7-16-11-23(34-3)27(36-5)28(37-6)24(16)18/h15-21,23-28,30-32H,7-14,29H2,1-6H3. The number of Topliss-reactive ketones (excluding diaryl/α,β-unsaturated/α-hetero) is 1. The van der Waals surface area contributed by atoms with Crippen LogP contribution in [0.4, 0.5) is 0 Å². The molecule has 1 aliphatic heterocycles. The van der Waals surface area contributed by atoms with Crippen molar-refractivity contribution in [3.63, 3.8) is 0 Å². The molecule has 9 nitrogen and oxygen atoms in total. The second-order valence-corrected chi connectivity index (χ2v) is 12.0. The minimum atomic E-state index is -0.134. The number of nitrogens with one attached hydrogen (secondary N) is 3. The lowest BCUT2D eigenvalue weighted by molar-refractivity contribution is -0.178. The van der Waals surface area contributed by atoms with E-state index in [2.05, 4.69) is 29.9 Å². The molecule has 0 spiro atoms. The van der Waals surface area contributed by atoms with Crippen molar-refractivity contribution in [1.29, 1.82) is 0 Å². The van der Waals surface area contributed by atoms with Crippen molar-refractivity contribution in [3.05, 3.63) is 0 Å². The van der Waals surface area contributed by atoms with Gasteiger partial charge in [-0.25, -0.2) is 0 Å². The van der Waals surface area contributed by atoms with Crippen molar-refractivity contribution in [3.8, 4) is 0 Å². The summed E-state index contributed by atoms with van der Waals surface area (Å²) in [5.74, 6) is 2.13. The molecule has 0 aromatic rings. The number of hydrogen-bond acceptors (Lipinski definition) is 9. The van der Waals surface area contributed by atoms with Crippen LogP contribution < -0.4 is 21.7 Å². The van der Waals surface area contributed by atoms with Gasteiger partial charge in [0, 0.05) is 72.0 Å². The number of carbonyl (C=O) groups excluding carboxylic acids is 1. The van der Waals surface area contributed by atoms with Crippen LogP contribution >= 0.6 is 0 Å². The molecule has 4 fully saturated rings. The Kier molecular flexibility index (Phi) is 10.4. The van der Waals surface area contributed by atoms with Gasteiger partial charge in [0.1, 0.15) is 11.9 Å². The molecule has 3 aliphatic carbocycles. The van der Waals surface area contributed by atoms with E-state index in [-0.39, 0.29) is 48.5 Å². The Bertz CT molecular complexity index is 743. The van der Waals surface area contributed by atoms with E-state index >= 15 is 0 Å². The fraction of sp³-hybridized carbons (Fsp3) is 0.964. The number of carbonyl (C=O) groups is 1. The highest BCUT2D eigenvalue weighted by molar-refractivity contribution is 5.84. The third-order valence-corrected chi connectivity index (χ3v) is 10.4. The number of rotatable bonds is 8. The van der Waals surface area contributed by atoms with Gasteiger partial charge in [0.25, 0.3) is 0 Å². The minimum absolute atomic E-state index is 0.0189. The lowest BCUT2D eigenvalue weighted by Crippen LogP contribution is -2.62. The molecule has 0 bridgehead atoms. The van der Waals surface area contributed by atoms with Crippen molar-refractivity contribution in [2.75, 3.05) is 48.6 Å². The molecule has 4 rings (SSSR count). The third kappa shape index (κ3) is 5.94. The molecule has 1 saturated heterocycles. The highest BCUT2D eigenvalue weighted by atomic mass is 16.6. The average molecular weight is 525 g/mol. The minimum Gasteiger partial charge on any atom is -0.379 e. The van der Waals surface area contributed by atoms with Crippen LogP contribution in [0.25, 0.3) is 0 Å².